The van der Waals surface area contributed by atoms with Crippen molar-refractivity contribution in [3.05, 3.63) is 35.4 Å². The van der Waals surface area contributed by atoms with Gasteiger partial charge in [0, 0.05) is 50.5 Å². The highest BCUT2D eigenvalue weighted by Crippen LogP contribution is 2.28. The summed E-state index contributed by atoms with van der Waals surface area (Å²) in [4.78, 5) is 12.7. The third-order valence-electron chi connectivity index (χ3n) is 3.70. The van der Waals surface area contributed by atoms with Gasteiger partial charge in [-0.05, 0) is 19.1 Å². The number of rotatable bonds is 3. The minimum absolute atomic E-state index is 0.557. The number of piperazine rings is 1. The maximum Gasteiger partial charge on any atom is 0.417 e. The quantitative estimate of drug-likeness (QED) is 0.857. The van der Waals surface area contributed by atoms with Gasteiger partial charge in [0.15, 0.2) is 0 Å². The van der Waals surface area contributed by atoms with Crippen LogP contribution in [0.5, 0.6) is 0 Å². The highest BCUT2D eigenvalue weighted by atomic mass is 32.1. The molecule has 9 heteroatoms. The predicted molar refractivity (Wildman–Crippen MR) is 81.4 cm³/mol. The molecule has 2 aromatic heterocycles. The third-order valence-corrected chi connectivity index (χ3v) is 4.57. The lowest BCUT2D eigenvalue weighted by Crippen LogP contribution is -2.46. The van der Waals surface area contributed by atoms with Gasteiger partial charge in [0.05, 0.1) is 11.3 Å². The smallest absolute Gasteiger partial charge is 0.344 e. The van der Waals surface area contributed by atoms with Gasteiger partial charge in [0.25, 0.3) is 0 Å². The molecule has 1 aliphatic rings. The molecule has 23 heavy (non-hydrogen) atoms. The van der Waals surface area contributed by atoms with Crippen molar-refractivity contribution in [2.24, 2.45) is 0 Å². The van der Waals surface area contributed by atoms with Gasteiger partial charge in [0.1, 0.15) is 5.82 Å². The van der Waals surface area contributed by atoms with Crippen LogP contribution in [0.2, 0.25) is 0 Å². The Kier molecular flexibility index (Phi) is 4.49. The molecule has 0 amide bonds. The summed E-state index contributed by atoms with van der Waals surface area (Å²) in [7, 11) is 0. The Bertz CT molecular complexity index is 647. The fraction of sp³-hybridized carbons (Fsp3) is 0.500. The molecule has 3 rings (SSSR count). The molecular formula is C14H16F3N5S. The molecule has 0 bridgehead atoms. The molecule has 0 unspecified atom stereocenters. The summed E-state index contributed by atoms with van der Waals surface area (Å²) in [5.41, 5.74) is -0.0593. The maximum atomic E-state index is 12.5. The number of alkyl halides is 3. The van der Waals surface area contributed by atoms with Crippen LogP contribution in [-0.2, 0) is 12.7 Å². The summed E-state index contributed by atoms with van der Waals surface area (Å²) in [6.07, 6.45) is -3.44. The van der Waals surface area contributed by atoms with Crippen molar-refractivity contribution in [3.8, 4) is 0 Å². The second-order valence-electron chi connectivity index (χ2n) is 5.42. The minimum Gasteiger partial charge on any atom is -0.344 e. The molecule has 3 heterocycles. The molecule has 1 fully saturated rings. The first kappa shape index (κ1) is 16.1. The molecule has 1 saturated heterocycles. The van der Waals surface area contributed by atoms with Crippen molar-refractivity contribution >= 4 is 16.7 Å². The summed E-state index contributed by atoms with van der Waals surface area (Å²) in [6.45, 7) is 5.72. The van der Waals surface area contributed by atoms with Crippen molar-refractivity contribution in [1.82, 2.24) is 19.2 Å². The first-order valence-electron chi connectivity index (χ1n) is 7.21. The summed E-state index contributed by atoms with van der Waals surface area (Å²) in [6, 6.07) is 2.53. The number of hydrogen-bond donors (Lipinski definition) is 0. The van der Waals surface area contributed by atoms with Gasteiger partial charge in [0.2, 0.25) is 5.13 Å². The lowest BCUT2D eigenvalue weighted by molar-refractivity contribution is -0.137. The summed E-state index contributed by atoms with van der Waals surface area (Å²) in [5.74, 6) is 0.779. The topological polar surface area (TPSA) is 45.2 Å². The average molecular weight is 343 g/mol. The van der Waals surface area contributed by atoms with Gasteiger partial charge in [-0.2, -0.15) is 17.5 Å². The van der Waals surface area contributed by atoms with Gasteiger partial charge >= 0.3 is 6.18 Å². The van der Waals surface area contributed by atoms with Crippen LogP contribution in [0, 0.1) is 6.92 Å². The first-order chi connectivity index (χ1) is 10.9. The fourth-order valence-electron chi connectivity index (χ4n) is 2.43. The van der Waals surface area contributed by atoms with Crippen molar-refractivity contribution < 1.29 is 13.2 Å². The summed E-state index contributed by atoms with van der Waals surface area (Å²) >= 11 is 1.39. The molecule has 0 spiro atoms. The number of aryl methyl sites for hydroxylation is 1. The Labute approximate surface area is 135 Å². The highest BCUT2D eigenvalue weighted by Gasteiger charge is 2.30. The predicted octanol–water partition coefficient (Wildman–Crippen LogP) is 2.58. The lowest BCUT2D eigenvalue weighted by Gasteiger charge is -2.34. The minimum atomic E-state index is -4.34. The SMILES string of the molecule is Cc1nsc(N2CCN(Cc3ccc(C(F)(F)F)cn3)CC2)n1. The van der Waals surface area contributed by atoms with Gasteiger partial charge in [-0.25, -0.2) is 4.98 Å². The van der Waals surface area contributed by atoms with Crippen LogP contribution >= 0.6 is 11.5 Å². The molecule has 5 nitrogen and oxygen atoms in total. The largest absolute Gasteiger partial charge is 0.417 e. The molecule has 0 saturated carbocycles. The van der Waals surface area contributed by atoms with Crippen molar-refractivity contribution in [1.29, 1.82) is 0 Å². The lowest BCUT2D eigenvalue weighted by atomic mass is 10.2. The zero-order valence-electron chi connectivity index (χ0n) is 12.5. The Morgan fingerprint density at radius 1 is 1.17 bits per heavy atom. The van der Waals surface area contributed by atoms with Crippen LogP contribution in [0.1, 0.15) is 17.1 Å². The van der Waals surface area contributed by atoms with Crippen molar-refractivity contribution in [2.75, 3.05) is 31.1 Å². The highest BCUT2D eigenvalue weighted by molar-refractivity contribution is 7.09. The van der Waals surface area contributed by atoms with Crippen LogP contribution in [0.3, 0.4) is 0 Å². The molecule has 0 aromatic carbocycles. The Morgan fingerprint density at radius 2 is 1.91 bits per heavy atom. The average Bonchev–Trinajstić information content (AvgIpc) is 2.94. The molecule has 0 aliphatic carbocycles. The van der Waals surface area contributed by atoms with E-state index in [0.717, 1.165) is 49.4 Å². The van der Waals surface area contributed by atoms with Gasteiger partial charge in [-0.3, -0.25) is 9.88 Å². The maximum absolute atomic E-state index is 12.5. The molecule has 124 valence electrons. The molecule has 1 aliphatic heterocycles. The first-order valence-corrected chi connectivity index (χ1v) is 7.99. The summed E-state index contributed by atoms with van der Waals surface area (Å²) in [5, 5.41) is 0.926. The van der Waals surface area contributed by atoms with E-state index in [4.69, 9.17) is 0 Å². The van der Waals surface area contributed by atoms with E-state index in [1.807, 2.05) is 6.92 Å². The molecule has 0 radical (unpaired) electrons. The number of halogens is 3. The third kappa shape index (κ3) is 3.97. The zero-order chi connectivity index (χ0) is 16.4. The van der Waals surface area contributed by atoms with E-state index in [2.05, 4.69) is 24.1 Å². The Morgan fingerprint density at radius 3 is 2.43 bits per heavy atom. The number of anilines is 1. The van der Waals surface area contributed by atoms with Crippen LogP contribution < -0.4 is 4.90 Å². The number of aromatic nitrogens is 3. The second kappa shape index (κ2) is 6.40. The Balaban J connectivity index is 1.54. The van der Waals surface area contributed by atoms with E-state index in [9.17, 15) is 13.2 Å². The van der Waals surface area contributed by atoms with E-state index in [-0.39, 0.29) is 0 Å². The van der Waals surface area contributed by atoms with Gasteiger partial charge in [-0.15, -0.1) is 0 Å². The number of hydrogen-bond acceptors (Lipinski definition) is 6. The van der Waals surface area contributed by atoms with E-state index in [1.165, 1.54) is 17.6 Å². The fourth-order valence-corrected chi connectivity index (χ4v) is 3.15. The van der Waals surface area contributed by atoms with Crippen molar-refractivity contribution in [3.63, 3.8) is 0 Å². The van der Waals surface area contributed by atoms with Crippen LogP contribution in [0.25, 0.3) is 0 Å². The zero-order valence-corrected chi connectivity index (χ0v) is 13.4. The van der Waals surface area contributed by atoms with Crippen LogP contribution in [0.15, 0.2) is 18.3 Å². The van der Waals surface area contributed by atoms with E-state index >= 15 is 0 Å². The standard InChI is InChI=1S/C14H16F3N5S/c1-10-19-13(23-20-10)22-6-4-21(5-7-22)9-12-3-2-11(8-18-12)14(15,16)17/h2-3,8H,4-7,9H2,1H3. The van der Waals surface area contributed by atoms with Crippen LogP contribution in [0.4, 0.5) is 18.3 Å². The van der Waals surface area contributed by atoms with Crippen molar-refractivity contribution in [2.45, 2.75) is 19.6 Å². The molecular weight excluding hydrogens is 327 g/mol. The molecule has 0 N–H and O–H groups in total. The van der Waals surface area contributed by atoms with E-state index in [0.29, 0.717) is 12.2 Å². The number of nitrogens with zero attached hydrogens (tertiary/aromatic N) is 5. The second-order valence-corrected chi connectivity index (χ2v) is 6.15. The van der Waals surface area contributed by atoms with Crippen LogP contribution in [-0.4, -0.2) is 45.4 Å². The Hall–Kier alpha value is -1.74. The molecule has 0 atom stereocenters. The van der Waals surface area contributed by atoms with E-state index < -0.39 is 11.7 Å². The van der Waals surface area contributed by atoms with Gasteiger partial charge < -0.3 is 4.90 Å². The van der Waals surface area contributed by atoms with Gasteiger partial charge in [-0.1, -0.05) is 0 Å². The normalized spacial score (nSPS) is 16.8. The molecule has 2 aromatic rings. The van der Waals surface area contributed by atoms with E-state index in [1.54, 1.807) is 0 Å². The summed E-state index contributed by atoms with van der Waals surface area (Å²) < 4.78 is 41.7. The monoisotopic (exact) mass is 343 g/mol. The number of pyridine rings is 1.